The van der Waals surface area contributed by atoms with Crippen molar-refractivity contribution in [3.63, 3.8) is 0 Å². The zero-order valence-corrected chi connectivity index (χ0v) is 21.7. The molecule has 0 aliphatic rings. The molecule has 196 valence electrons. The standard InChI is InChI=1S/C26H42N4O5/c1-7-16(5)21(29-23(31)19(27)14-18-12-10-9-11-13-18)25(33)28-20(15(3)4)24(32)30-22(26(34)35)17(6)8-2/h9-13,15-17,19-22H,7-8,14,27H2,1-6H3,(H,28,33)(H,29,31)(H,30,32)(H,34,35)/t16-,17-,19-,20-,21-,22-/m0/s1. The summed E-state index contributed by atoms with van der Waals surface area (Å²) in [4.78, 5) is 50.6. The molecular formula is C26H42N4O5. The van der Waals surface area contributed by atoms with E-state index in [9.17, 15) is 24.3 Å². The molecule has 9 heteroatoms. The summed E-state index contributed by atoms with van der Waals surface area (Å²) in [5, 5.41) is 17.6. The van der Waals surface area contributed by atoms with E-state index in [0.29, 0.717) is 19.3 Å². The van der Waals surface area contributed by atoms with E-state index in [1.54, 1.807) is 20.8 Å². The molecule has 3 amide bonds. The molecule has 35 heavy (non-hydrogen) atoms. The van der Waals surface area contributed by atoms with Crippen LogP contribution in [-0.2, 0) is 25.6 Å². The molecule has 0 saturated heterocycles. The van der Waals surface area contributed by atoms with E-state index >= 15 is 0 Å². The Kier molecular flexibility index (Phi) is 12.4. The molecule has 0 unspecified atom stereocenters. The summed E-state index contributed by atoms with van der Waals surface area (Å²) in [5.74, 6) is -3.47. The van der Waals surface area contributed by atoms with Gasteiger partial charge in [-0.15, -0.1) is 0 Å². The number of hydrogen-bond donors (Lipinski definition) is 5. The first-order valence-electron chi connectivity index (χ1n) is 12.4. The van der Waals surface area contributed by atoms with Gasteiger partial charge in [-0.1, -0.05) is 84.7 Å². The predicted molar refractivity (Wildman–Crippen MR) is 135 cm³/mol. The topological polar surface area (TPSA) is 151 Å². The summed E-state index contributed by atoms with van der Waals surface area (Å²) >= 11 is 0. The molecule has 0 heterocycles. The van der Waals surface area contributed by atoms with Crippen LogP contribution in [0.3, 0.4) is 0 Å². The predicted octanol–water partition coefficient (Wildman–Crippen LogP) is 1.84. The molecule has 1 aromatic rings. The van der Waals surface area contributed by atoms with Gasteiger partial charge in [-0.05, 0) is 29.7 Å². The highest BCUT2D eigenvalue weighted by Crippen LogP contribution is 2.13. The van der Waals surface area contributed by atoms with Gasteiger partial charge in [0.25, 0.3) is 0 Å². The second kappa shape index (κ2) is 14.5. The van der Waals surface area contributed by atoms with Crippen molar-refractivity contribution < 1.29 is 24.3 Å². The number of hydrogen-bond acceptors (Lipinski definition) is 5. The highest BCUT2D eigenvalue weighted by Gasteiger charge is 2.34. The van der Waals surface area contributed by atoms with Gasteiger partial charge in [0.05, 0.1) is 6.04 Å². The third-order valence-electron chi connectivity index (χ3n) is 6.45. The van der Waals surface area contributed by atoms with Crippen LogP contribution in [0.4, 0.5) is 0 Å². The van der Waals surface area contributed by atoms with Gasteiger partial charge in [0, 0.05) is 0 Å². The molecular weight excluding hydrogens is 448 g/mol. The summed E-state index contributed by atoms with van der Waals surface area (Å²) in [7, 11) is 0. The van der Waals surface area contributed by atoms with Crippen molar-refractivity contribution in [3.05, 3.63) is 35.9 Å². The van der Waals surface area contributed by atoms with Gasteiger partial charge in [-0.3, -0.25) is 14.4 Å². The number of nitrogens with one attached hydrogen (secondary N) is 3. The van der Waals surface area contributed by atoms with Gasteiger partial charge in [0.15, 0.2) is 0 Å². The maximum atomic E-state index is 13.2. The minimum Gasteiger partial charge on any atom is -0.480 e. The van der Waals surface area contributed by atoms with Crippen molar-refractivity contribution in [1.29, 1.82) is 0 Å². The fourth-order valence-corrected chi connectivity index (χ4v) is 3.63. The number of rotatable bonds is 14. The van der Waals surface area contributed by atoms with Crippen molar-refractivity contribution in [3.8, 4) is 0 Å². The molecule has 1 aromatic carbocycles. The lowest BCUT2D eigenvalue weighted by atomic mass is 9.95. The Morgan fingerprint density at radius 3 is 1.71 bits per heavy atom. The Morgan fingerprint density at radius 1 is 0.771 bits per heavy atom. The maximum absolute atomic E-state index is 13.2. The number of carbonyl (C=O) groups excluding carboxylic acids is 3. The molecule has 0 bridgehead atoms. The monoisotopic (exact) mass is 490 g/mol. The molecule has 6 N–H and O–H groups in total. The normalized spacial score (nSPS) is 16.3. The largest absolute Gasteiger partial charge is 0.480 e. The van der Waals surface area contributed by atoms with E-state index in [0.717, 1.165) is 5.56 Å². The van der Waals surface area contributed by atoms with E-state index < -0.39 is 47.9 Å². The lowest BCUT2D eigenvalue weighted by Crippen LogP contribution is -2.60. The SMILES string of the molecule is CC[C@H](C)[C@H](NC(=O)[C@@H](NC(=O)[C@@H](NC(=O)[C@@H](N)Cc1ccccc1)[C@@H](C)CC)C(C)C)C(=O)O. The Morgan fingerprint density at radius 2 is 1.23 bits per heavy atom. The number of amides is 3. The van der Waals surface area contributed by atoms with Gasteiger partial charge >= 0.3 is 5.97 Å². The van der Waals surface area contributed by atoms with Crippen LogP contribution < -0.4 is 21.7 Å². The van der Waals surface area contributed by atoms with Crippen LogP contribution in [0.5, 0.6) is 0 Å². The van der Waals surface area contributed by atoms with Crippen molar-refractivity contribution in [2.75, 3.05) is 0 Å². The Balaban J connectivity index is 2.97. The number of benzene rings is 1. The van der Waals surface area contributed by atoms with Gasteiger partial charge in [-0.2, -0.15) is 0 Å². The molecule has 0 saturated carbocycles. The van der Waals surface area contributed by atoms with E-state index in [2.05, 4.69) is 16.0 Å². The van der Waals surface area contributed by atoms with Crippen LogP contribution in [0.2, 0.25) is 0 Å². The second-order valence-corrected chi connectivity index (χ2v) is 9.61. The maximum Gasteiger partial charge on any atom is 0.326 e. The molecule has 6 atom stereocenters. The van der Waals surface area contributed by atoms with E-state index in [1.165, 1.54) is 0 Å². The molecule has 0 aliphatic heterocycles. The Labute approximate surface area is 208 Å². The first-order chi connectivity index (χ1) is 16.4. The van der Waals surface area contributed by atoms with Crippen LogP contribution >= 0.6 is 0 Å². The average Bonchev–Trinajstić information content (AvgIpc) is 2.82. The third kappa shape index (κ3) is 9.32. The number of carboxylic acids is 1. The molecule has 0 aromatic heterocycles. The Hall–Kier alpha value is -2.94. The third-order valence-corrected chi connectivity index (χ3v) is 6.45. The molecule has 0 spiro atoms. The van der Waals surface area contributed by atoms with E-state index in [4.69, 9.17) is 5.73 Å². The van der Waals surface area contributed by atoms with Crippen LogP contribution in [0.15, 0.2) is 30.3 Å². The van der Waals surface area contributed by atoms with Gasteiger partial charge < -0.3 is 26.8 Å². The molecule has 0 fully saturated rings. The molecule has 0 radical (unpaired) electrons. The number of carbonyl (C=O) groups is 4. The van der Waals surface area contributed by atoms with E-state index in [-0.39, 0.29) is 17.8 Å². The number of aliphatic carboxylic acids is 1. The van der Waals surface area contributed by atoms with Crippen LogP contribution in [0.1, 0.15) is 59.9 Å². The van der Waals surface area contributed by atoms with Crippen molar-refractivity contribution in [2.24, 2.45) is 23.5 Å². The zero-order chi connectivity index (χ0) is 26.7. The number of carboxylic acid groups (broad SMARTS) is 1. The van der Waals surface area contributed by atoms with Gasteiger partial charge in [0.1, 0.15) is 18.1 Å². The summed E-state index contributed by atoms with van der Waals surface area (Å²) in [5.41, 5.74) is 7.01. The van der Waals surface area contributed by atoms with Crippen LogP contribution in [0, 0.1) is 17.8 Å². The molecule has 1 rings (SSSR count). The average molecular weight is 491 g/mol. The molecule has 9 nitrogen and oxygen atoms in total. The van der Waals surface area contributed by atoms with E-state index in [1.807, 2.05) is 51.1 Å². The second-order valence-electron chi connectivity index (χ2n) is 9.61. The van der Waals surface area contributed by atoms with Gasteiger partial charge in [-0.25, -0.2) is 4.79 Å². The van der Waals surface area contributed by atoms with Gasteiger partial charge in [0.2, 0.25) is 17.7 Å². The highest BCUT2D eigenvalue weighted by atomic mass is 16.4. The lowest BCUT2D eigenvalue weighted by Gasteiger charge is -2.30. The quantitative estimate of drug-likeness (QED) is 0.268. The summed E-state index contributed by atoms with van der Waals surface area (Å²) in [6.07, 6.45) is 1.51. The smallest absolute Gasteiger partial charge is 0.326 e. The first-order valence-corrected chi connectivity index (χ1v) is 12.4. The van der Waals surface area contributed by atoms with Crippen LogP contribution in [-0.4, -0.2) is 53.0 Å². The minimum absolute atomic E-state index is 0.217. The fourth-order valence-electron chi connectivity index (χ4n) is 3.63. The summed E-state index contributed by atoms with van der Waals surface area (Å²) < 4.78 is 0. The zero-order valence-electron chi connectivity index (χ0n) is 21.7. The van der Waals surface area contributed by atoms with Crippen molar-refractivity contribution in [1.82, 2.24) is 16.0 Å². The van der Waals surface area contributed by atoms with Crippen molar-refractivity contribution >= 4 is 23.7 Å². The summed E-state index contributed by atoms with van der Waals surface area (Å²) in [6.45, 7) is 10.8. The summed E-state index contributed by atoms with van der Waals surface area (Å²) in [6, 6.07) is 5.60. The number of nitrogens with two attached hydrogens (primary N) is 1. The lowest BCUT2D eigenvalue weighted by molar-refractivity contribution is -0.144. The van der Waals surface area contributed by atoms with Crippen LogP contribution in [0.25, 0.3) is 0 Å². The highest BCUT2D eigenvalue weighted by molar-refractivity contribution is 5.94. The Bertz CT molecular complexity index is 845. The first kappa shape index (κ1) is 30.1. The fraction of sp³-hybridized carbons (Fsp3) is 0.615. The molecule has 0 aliphatic carbocycles. The minimum atomic E-state index is -1.13. The van der Waals surface area contributed by atoms with Crippen molar-refractivity contribution in [2.45, 2.75) is 85.0 Å².